The number of carbonyl (C=O) groups is 2. The van der Waals surface area contributed by atoms with Gasteiger partial charge in [-0.3, -0.25) is 9.59 Å². The first-order valence-electron chi connectivity index (χ1n) is 9.53. The topological polar surface area (TPSA) is 64.7 Å². The van der Waals surface area contributed by atoms with Crippen LogP contribution in [-0.4, -0.2) is 58.9 Å². The number of likely N-dealkylation sites (tertiary alicyclic amines) is 2. The molecule has 0 aromatic heterocycles. The third-order valence-electron chi connectivity index (χ3n) is 5.05. The smallest absolute Gasteiger partial charge is 0.245 e. The van der Waals surface area contributed by atoms with Crippen LogP contribution in [0.4, 0.5) is 5.69 Å². The number of thiocarbonyl (C=S) groups is 1. The van der Waals surface area contributed by atoms with Gasteiger partial charge in [-0.15, -0.1) is 0 Å². The number of amides is 2. The van der Waals surface area contributed by atoms with Gasteiger partial charge in [0.05, 0.1) is 17.3 Å². The van der Waals surface area contributed by atoms with Crippen LogP contribution < -0.4 is 10.6 Å². The number of hydrogen-bond donors (Lipinski definition) is 2. The minimum atomic E-state index is -0.466. The molecular weight excluding hydrogens is 419 g/mol. The SMILES string of the molecule is O=C(CN1CCCCC(NC(=S)Nc2cc(Cl)ccc2Cl)C1=O)N1CCCC1. The number of benzene rings is 1. The van der Waals surface area contributed by atoms with E-state index in [1.54, 1.807) is 23.1 Å². The van der Waals surface area contributed by atoms with Crippen molar-refractivity contribution in [3.63, 3.8) is 0 Å². The van der Waals surface area contributed by atoms with Crippen molar-refractivity contribution in [3.8, 4) is 0 Å². The predicted molar refractivity (Wildman–Crippen MR) is 116 cm³/mol. The van der Waals surface area contributed by atoms with Gasteiger partial charge in [0.15, 0.2) is 5.11 Å². The number of rotatable bonds is 4. The molecule has 2 aliphatic heterocycles. The van der Waals surface area contributed by atoms with E-state index in [1.165, 1.54) is 0 Å². The number of nitrogens with zero attached hydrogens (tertiary/aromatic N) is 2. The van der Waals surface area contributed by atoms with Crippen molar-refractivity contribution < 1.29 is 9.59 Å². The fourth-order valence-electron chi connectivity index (χ4n) is 3.54. The third-order valence-corrected chi connectivity index (χ3v) is 5.83. The van der Waals surface area contributed by atoms with Gasteiger partial charge in [-0.25, -0.2) is 0 Å². The van der Waals surface area contributed by atoms with Crippen molar-refractivity contribution in [2.24, 2.45) is 0 Å². The summed E-state index contributed by atoms with van der Waals surface area (Å²) in [7, 11) is 0. The van der Waals surface area contributed by atoms with Gasteiger partial charge in [0.2, 0.25) is 11.8 Å². The Hall–Kier alpha value is -1.57. The van der Waals surface area contributed by atoms with Crippen LogP contribution in [0.5, 0.6) is 0 Å². The summed E-state index contributed by atoms with van der Waals surface area (Å²) in [6, 6.07) is 4.58. The van der Waals surface area contributed by atoms with Gasteiger partial charge in [0, 0.05) is 24.7 Å². The van der Waals surface area contributed by atoms with E-state index in [0.717, 1.165) is 38.8 Å². The first kappa shape index (κ1) is 21.1. The van der Waals surface area contributed by atoms with Crippen molar-refractivity contribution >= 4 is 58.0 Å². The summed E-state index contributed by atoms with van der Waals surface area (Å²) in [6.07, 6.45) is 4.50. The summed E-state index contributed by atoms with van der Waals surface area (Å²) in [6.45, 7) is 2.31. The molecule has 3 rings (SSSR count). The molecule has 9 heteroatoms. The highest BCUT2D eigenvalue weighted by molar-refractivity contribution is 7.80. The Bertz CT molecular complexity index is 755. The Morgan fingerprint density at radius 1 is 1.14 bits per heavy atom. The van der Waals surface area contributed by atoms with Gasteiger partial charge in [0.1, 0.15) is 6.04 Å². The standard InChI is InChI=1S/C19H24Cl2N4O2S/c20-13-6-7-14(21)16(11-13)23-19(28)22-15-5-1-2-10-25(18(15)27)12-17(26)24-8-3-4-9-24/h6-7,11,15H,1-5,8-10,12H2,(H2,22,23,28). The molecule has 28 heavy (non-hydrogen) atoms. The Labute approximate surface area is 180 Å². The second kappa shape index (κ2) is 9.76. The minimum absolute atomic E-state index is 0.0258. The summed E-state index contributed by atoms with van der Waals surface area (Å²) in [4.78, 5) is 28.9. The maximum Gasteiger partial charge on any atom is 0.245 e. The van der Waals surface area contributed by atoms with Crippen LogP contribution in [0.15, 0.2) is 18.2 Å². The average Bonchev–Trinajstić information content (AvgIpc) is 3.15. The van der Waals surface area contributed by atoms with Crippen molar-refractivity contribution in [1.82, 2.24) is 15.1 Å². The number of halogens is 2. The number of hydrogen-bond acceptors (Lipinski definition) is 3. The highest BCUT2D eigenvalue weighted by Gasteiger charge is 2.30. The molecule has 0 spiro atoms. The molecule has 0 bridgehead atoms. The first-order valence-corrected chi connectivity index (χ1v) is 10.7. The van der Waals surface area contributed by atoms with E-state index in [4.69, 9.17) is 35.4 Å². The molecule has 0 aliphatic carbocycles. The number of nitrogens with one attached hydrogen (secondary N) is 2. The van der Waals surface area contributed by atoms with Crippen molar-refractivity contribution in [1.29, 1.82) is 0 Å². The molecule has 0 saturated carbocycles. The van der Waals surface area contributed by atoms with Crippen LogP contribution in [0.25, 0.3) is 0 Å². The molecule has 2 fully saturated rings. The van der Waals surface area contributed by atoms with Crippen LogP contribution in [0, 0.1) is 0 Å². The van der Waals surface area contributed by atoms with Gasteiger partial charge in [-0.1, -0.05) is 23.2 Å². The van der Waals surface area contributed by atoms with Crippen LogP contribution in [0.1, 0.15) is 32.1 Å². The summed E-state index contributed by atoms with van der Waals surface area (Å²) in [5.74, 6) is -0.0655. The normalized spacial score (nSPS) is 20.1. The second-order valence-electron chi connectivity index (χ2n) is 7.12. The van der Waals surface area contributed by atoms with Crippen LogP contribution >= 0.6 is 35.4 Å². The molecule has 1 unspecified atom stereocenters. The van der Waals surface area contributed by atoms with E-state index in [9.17, 15) is 9.59 Å². The summed E-state index contributed by atoms with van der Waals surface area (Å²) in [5.41, 5.74) is 0.578. The van der Waals surface area contributed by atoms with Gasteiger partial charge in [0.25, 0.3) is 0 Å². The molecule has 2 saturated heterocycles. The highest BCUT2D eigenvalue weighted by atomic mass is 35.5. The lowest BCUT2D eigenvalue weighted by molar-refractivity contribution is -0.140. The van der Waals surface area contributed by atoms with Gasteiger partial charge in [-0.05, 0) is 62.5 Å². The molecule has 2 N–H and O–H groups in total. The lowest BCUT2D eigenvalue weighted by atomic mass is 10.1. The predicted octanol–water partition coefficient (Wildman–Crippen LogP) is 3.28. The molecule has 1 aromatic carbocycles. The van der Waals surface area contributed by atoms with Gasteiger partial charge >= 0.3 is 0 Å². The Balaban J connectivity index is 1.60. The highest BCUT2D eigenvalue weighted by Crippen LogP contribution is 2.25. The minimum Gasteiger partial charge on any atom is -0.351 e. The van der Waals surface area contributed by atoms with Crippen LogP contribution in [0.2, 0.25) is 10.0 Å². The average molecular weight is 443 g/mol. The fraction of sp³-hybridized carbons (Fsp3) is 0.526. The van der Waals surface area contributed by atoms with E-state index < -0.39 is 6.04 Å². The molecule has 1 atom stereocenters. The maximum absolute atomic E-state index is 13.0. The quantitative estimate of drug-likeness (QED) is 0.700. The van der Waals surface area contributed by atoms with Crippen LogP contribution in [0.3, 0.4) is 0 Å². The van der Waals surface area contributed by atoms with E-state index in [2.05, 4.69) is 10.6 Å². The summed E-state index contributed by atoms with van der Waals surface area (Å²) < 4.78 is 0. The second-order valence-corrected chi connectivity index (χ2v) is 8.37. The van der Waals surface area contributed by atoms with E-state index >= 15 is 0 Å². The number of anilines is 1. The first-order chi connectivity index (χ1) is 13.4. The summed E-state index contributed by atoms with van der Waals surface area (Å²) in [5, 5.41) is 7.40. The van der Waals surface area contributed by atoms with Crippen LogP contribution in [-0.2, 0) is 9.59 Å². The number of carbonyl (C=O) groups excluding carboxylic acids is 2. The van der Waals surface area contributed by atoms with E-state index in [-0.39, 0.29) is 18.4 Å². The van der Waals surface area contributed by atoms with Crippen molar-refractivity contribution in [3.05, 3.63) is 28.2 Å². The largest absolute Gasteiger partial charge is 0.351 e. The molecule has 152 valence electrons. The fourth-order valence-corrected chi connectivity index (χ4v) is 4.12. The van der Waals surface area contributed by atoms with Crippen molar-refractivity contribution in [2.75, 3.05) is 31.5 Å². The van der Waals surface area contributed by atoms with E-state index in [0.29, 0.717) is 33.8 Å². The van der Waals surface area contributed by atoms with Crippen molar-refractivity contribution in [2.45, 2.75) is 38.1 Å². The Kier molecular flexibility index (Phi) is 7.37. The van der Waals surface area contributed by atoms with Gasteiger partial charge < -0.3 is 20.4 Å². The Morgan fingerprint density at radius 3 is 2.61 bits per heavy atom. The monoisotopic (exact) mass is 442 g/mol. The molecule has 6 nitrogen and oxygen atoms in total. The maximum atomic E-state index is 13.0. The molecular formula is C19H24Cl2N4O2S. The lowest BCUT2D eigenvalue weighted by Crippen LogP contribution is -2.51. The third kappa shape index (κ3) is 5.49. The molecule has 2 amide bonds. The van der Waals surface area contributed by atoms with Gasteiger partial charge in [-0.2, -0.15) is 0 Å². The van der Waals surface area contributed by atoms with E-state index in [1.807, 2.05) is 4.90 Å². The Morgan fingerprint density at radius 2 is 1.86 bits per heavy atom. The summed E-state index contributed by atoms with van der Waals surface area (Å²) >= 11 is 17.5. The molecule has 1 aromatic rings. The zero-order valence-electron chi connectivity index (χ0n) is 15.5. The zero-order chi connectivity index (χ0) is 20.1. The molecule has 2 aliphatic rings. The molecule has 2 heterocycles. The lowest BCUT2D eigenvalue weighted by Gasteiger charge is -2.27. The zero-order valence-corrected chi connectivity index (χ0v) is 17.9. The molecule has 0 radical (unpaired) electrons.